The van der Waals surface area contributed by atoms with Crippen LogP contribution in [0.5, 0.6) is 0 Å². The van der Waals surface area contributed by atoms with Crippen LogP contribution >= 0.6 is 0 Å². The summed E-state index contributed by atoms with van der Waals surface area (Å²) in [4.78, 5) is 13.5. The van der Waals surface area contributed by atoms with Crippen molar-refractivity contribution in [1.29, 1.82) is 0 Å². The summed E-state index contributed by atoms with van der Waals surface area (Å²) in [5, 5.41) is 0. The van der Waals surface area contributed by atoms with Gasteiger partial charge in [-0.1, -0.05) is 0 Å². The van der Waals surface area contributed by atoms with E-state index in [2.05, 4.69) is 4.90 Å². The zero-order valence-electron chi connectivity index (χ0n) is 10.8. The summed E-state index contributed by atoms with van der Waals surface area (Å²) >= 11 is 0. The topological polar surface area (TPSA) is 48.0 Å². The van der Waals surface area contributed by atoms with Gasteiger partial charge in [0.05, 0.1) is 33.0 Å². The van der Waals surface area contributed by atoms with E-state index >= 15 is 0 Å². The highest BCUT2D eigenvalue weighted by molar-refractivity contribution is 5.71. The van der Waals surface area contributed by atoms with Crippen molar-refractivity contribution >= 4 is 5.97 Å². The van der Waals surface area contributed by atoms with Gasteiger partial charge in [0, 0.05) is 19.7 Å². The Morgan fingerprint density at radius 3 is 2.65 bits per heavy atom. The highest BCUT2D eigenvalue weighted by Gasteiger charge is 2.30. The minimum Gasteiger partial charge on any atom is -0.465 e. The lowest BCUT2D eigenvalue weighted by molar-refractivity contribution is -0.144. The lowest BCUT2D eigenvalue weighted by Crippen LogP contribution is -2.35. The molecule has 1 saturated carbocycles. The molecule has 0 saturated heterocycles. The first-order chi connectivity index (χ1) is 8.27. The van der Waals surface area contributed by atoms with Gasteiger partial charge in [-0.05, 0) is 19.8 Å². The summed E-state index contributed by atoms with van der Waals surface area (Å²) in [6, 6.07) is 0.547. The maximum atomic E-state index is 11.4. The fraction of sp³-hybridized carbons (Fsp3) is 0.917. The van der Waals surface area contributed by atoms with Crippen LogP contribution in [0.1, 0.15) is 19.8 Å². The van der Waals surface area contributed by atoms with Crippen molar-refractivity contribution in [3.8, 4) is 0 Å². The van der Waals surface area contributed by atoms with E-state index in [0.29, 0.717) is 39.0 Å². The predicted octanol–water partition coefficient (Wildman–Crippen LogP) is 0.677. The van der Waals surface area contributed by atoms with Crippen LogP contribution in [0.4, 0.5) is 0 Å². The van der Waals surface area contributed by atoms with Crippen LogP contribution in [0.2, 0.25) is 0 Å². The van der Waals surface area contributed by atoms with E-state index in [1.54, 1.807) is 7.11 Å². The summed E-state index contributed by atoms with van der Waals surface area (Å²) in [5.74, 6) is -0.142. The van der Waals surface area contributed by atoms with Gasteiger partial charge in [-0.25, -0.2) is 0 Å². The first-order valence-electron chi connectivity index (χ1n) is 6.24. The second kappa shape index (κ2) is 8.44. The molecule has 0 aliphatic heterocycles. The largest absolute Gasteiger partial charge is 0.465 e. The number of carbonyl (C=O) groups excluding carboxylic acids is 1. The summed E-state index contributed by atoms with van der Waals surface area (Å²) < 4.78 is 15.3. The molecule has 0 unspecified atom stereocenters. The smallest absolute Gasteiger partial charge is 0.320 e. The van der Waals surface area contributed by atoms with Crippen molar-refractivity contribution in [3.05, 3.63) is 0 Å². The third kappa shape index (κ3) is 6.61. The van der Waals surface area contributed by atoms with E-state index in [1.165, 1.54) is 12.8 Å². The number of hydrogen-bond acceptors (Lipinski definition) is 5. The molecule has 0 amide bonds. The van der Waals surface area contributed by atoms with Crippen LogP contribution < -0.4 is 0 Å². The first kappa shape index (κ1) is 14.4. The normalized spacial score (nSPS) is 15.2. The van der Waals surface area contributed by atoms with E-state index in [0.717, 1.165) is 6.54 Å². The van der Waals surface area contributed by atoms with E-state index in [9.17, 15) is 4.79 Å². The van der Waals surface area contributed by atoms with Crippen molar-refractivity contribution in [3.63, 3.8) is 0 Å². The number of methoxy groups -OCH3 is 1. The van der Waals surface area contributed by atoms with Crippen LogP contribution in [0, 0.1) is 0 Å². The molecule has 0 aromatic rings. The van der Waals surface area contributed by atoms with E-state index < -0.39 is 0 Å². The third-order valence-electron chi connectivity index (χ3n) is 2.66. The van der Waals surface area contributed by atoms with Crippen molar-refractivity contribution in [2.24, 2.45) is 0 Å². The van der Waals surface area contributed by atoms with Crippen molar-refractivity contribution in [2.45, 2.75) is 25.8 Å². The Balaban J connectivity index is 2.12. The Bertz CT molecular complexity index is 219. The number of carbonyl (C=O) groups is 1. The van der Waals surface area contributed by atoms with Gasteiger partial charge in [-0.3, -0.25) is 9.69 Å². The van der Waals surface area contributed by atoms with E-state index in [-0.39, 0.29) is 5.97 Å². The van der Waals surface area contributed by atoms with Crippen LogP contribution in [0.15, 0.2) is 0 Å². The zero-order chi connectivity index (χ0) is 12.5. The molecule has 1 aliphatic rings. The lowest BCUT2D eigenvalue weighted by atomic mass is 10.4. The monoisotopic (exact) mass is 245 g/mol. The van der Waals surface area contributed by atoms with Crippen LogP contribution in [-0.4, -0.2) is 63.5 Å². The lowest BCUT2D eigenvalue weighted by Gasteiger charge is -2.20. The minimum atomic E-state index is -0.142. The molecule has 5 heteroatoms. The molecular weight excluding hydrogens is 222 g/mol. The Hall–Kier alpha value is -0.650. The highest BCUT2D eigenvalue weighted by atomic mass is 16.5. The summed E-state index contributed by atoms with van der Waals surface area (Å²) in [6.07, 6.45) is 2.36. The second-order valence-electron chi connectivity index (χ2n) is 4.11. The molecule has 0 atom stereocenters. The van der Waals surface area contributed by atoms with Gasteiger partial charge in [0.25, 0.3) is 0 Å². The van der Waals surface area contributed by atoms with Gasteiger partial charge in [-0.2, -0.15) is 0 Å². The molecule has 1 aliphatic carbocycles. The maximum Gasteiger partial charge on any atom is 0.320 e. The van der Waals surface area contributed by atoms with Crippen LogP contribution in [0.25, 0.3) is 0 Å². The molecule has 0 heterocycles. The number of esters is 1. The fourth-order valence-electron chi connectivity index (χ4n) is 1.63. The Labute approximate surface area is 103 Å². The van der Waals surface area contributed by atoms with Gasteiger partial charge in [-0.15, -0.1) is 0 Å². The van der Waals surface area contributed by atoms with Crippen LogP contribution in [-0.2, 0) is 19.0 Å². The molecule has 0 spiro atoms. The number of nitrogens with zero attached hydrogens (tertiary/aromatic N) is 1. The minimum absolute atomic E-state index is 0.142. The quantitative estimate of drug-likeness (QED) is 0.418. The SMILES string of the molecule is CCOC(=O)CN(CCOCCOC)C1CC1. The van der Waals surface area contributed by atoms with E-state index in [1.807, 2.05) is 6.92 Å². The molecule has 5 nitrogen and oxygen atoms in total. The molecule has 0 aromatic carbocycles. The maximum absolute atomic E-state index is 11.4. The average molecular weight is 245 g/mol. The fourth-order valence-corrected chi connectivity index (χ4v) is 1.63. The van der Waals surface area contributed by atoms with Crippen LogP contribution in [0.3, 0.4) is 0 Å². The molecule has 1 fully saturated rings. The van der Waals surface area contributed by atoms with E-state index in [4.69, 9.17) is 14.2 Å². The highest BCUT2D eigenvalue weighted by Crippen LogP contribution is 2.26. The first-order valence-corrected chi connectivity index (χ1v) is 6.24. The number of hydrogen-bond donors (Lipinski definition) is 0. The second-order valence-corrected chi connectivity index (χ2v) is 4.11. The molecule has 100 valence electrons. The summed E-state index contributed by atoms with van der Waals surface area (Å²) in [5.41, 5.74) is 0. The molecular formula is C12H23NO4. The summed E-state index contributed by atoms with van der Waals surface area (Å²) in [6.45, 7) is 5.29. The number of rotatable bonds is 10. The zero-order valence-corrected chi connectivity index (χ0v) is 10.8. The van der Waals surface area contributed by atoms with Crippen molar-refractivity contribution in [1.82, 2.24) is 4.90 Å². The third-order valence-corrected chi connectivity index (χ3v) is 2.66. The Morgan fingerprint density at radius 2 is 2.06 bits per heavy atom. The van der Waals surface area contributed by atoms with Gasteiger partial charge in [0.2, 0.25) is 0 Å². The Kier molecular flexibility index (Phi) is 7.16. The van der Waals surface area contributed by atoms with Crippen molar-refractivity contribution < 1.29 is 19.0 Å². The predicted molar refractivity (Wildman–Crippen MR) is 63.9 cm³/mol. The van der Waals surface area contributed by atoms with Gasteiger partial charge < -0.3 is 14.2 Å². The molecule has 1 rings (SSSR count). The molecule has 0 aromatic heterocycles. The molecule has 0 bridgehead atoms. The van der Waals surface area contributed by atoms with Gasteiger partial charge >= 0.3 is 5.97 Å². The standard InChI is InChI=1S/C12H23NO4/c1-3-17-12(14)10-13(11-4-5-11)6-7-16-9-8-15-2/h11H,3-10H2,1-2H3. The average Bonchev–Trinajstić information content (AvgIpc) is 3.11. The molecule has 0 N–H and O–H groups in total. The summed E-state index contributed by atoms with van der Waals surface area (Å²) in [7, 11) is 1.65. The van der Waals surface area contributed by atoms with Gasteiger partial charge in [0.1, 0.15) is 0 Å². The molecule has 0 radical (unpaired) electrons. The van der Waals surface area contributed by atoms with Gasteiger partial charge in [0.15, 0.2) is 0 Å². The number of ether oxygens (including phenoxy) is 3. The van der Waals surface area contributed by atoms with Crippen molar-refractivity contribution in [2.75, 3.05) is 46.6 Å². The Morgan fingerprint density at radius 1 is 1.29 bits per heavy atom. The molecule has 17 heavy (non-hydrogen) atoms.